The van der Waals surface area contributed by atoms with Gasteiger partial charge in [0.15, 0.2) is 0 Å². The number of pyridine rings is 1. The lowest BCUT2D eigenvalue weighted by Crippen LogP contribution is -2.54. The second-order valence-electron chi connectivity index (χ2n) is 13.4. The lowest BCUT2D eigenvalue weighted by atomic mass is 10.0. The number of fused-ring (bicyclic) bond motifs is 4. The minimum atomic E-state index is -1.07. The normalized spacial score (nSPS) is 15.7. The zero-order valence-electron chi connectivity index (χ0n) is 28.8. The Bertz CT molecular complexity index is 2350. The van der Waals surface area contributed by atoms with Gasteiger partial charge in [0.1, 0.15) is 11.7 Å². The molecule has 1 saturated heterocycles. The van der Waals surface area contributed by atoms with Crippen LogP contribution >= 0.6 is 0 Å². The molecule has 0 spiro atoms. The molecule has 6 aromatic rings. The first-order chi connectivity index (χ1) is 25.8. The van der Waals surface area contributed by atoms with E-state index < -0.39 is 35.6 Å². The van der Waals surface area contributed by atoms with E-state index in [1.807, 2.05) is 30.5 Å². The van der Waals surface area contributed by atoms with Crippen LogP contribution in [0.15, 0.2) is 115 Å². The topological polar surface area (TPSA) is 134 Å². The molecule has 8 rings (SSSR count). The van der Waals surface area contributed by atoms with Gasteiger partial charge in [-0.3, -0.25) is 39.1 Å². The van der Waals surface area contributed by atoms with Crippen molar-refractivity contribution < 1.29 is 24.0 Å². The minimum absolute atomic E-state index is 0.0337. The summed E-state index contributed by atoms with van der Waals surface area (Å²) in [5.41, 5.74) is 5.83. The smallest absolute Gasteiger partial charge is 0.262 e. The molecule has 11 nitrogen and oxygen atoms in total. The van der Waals surface area contributed by atoms with E-state index in [1.165, 1.54) is 34.7 Å². The molecule has 2 N–H and O–H groups in total. The van der Waals surface area contributed by atoms with Gasteiger partial charge < -0.3 is 9.88 Å². The van der Waals surface area contributed by atoms with Gasteiger partial charge in [0.05, 0.1) is 16.6 Å². The molecule has 53 heavy (non-hydrogen) atoms. The lowest BCUT2D eigenvalue weighted by molar-refractivity contribution is -0.136. The Morgan fingerprint density at radius 3 is 2.26 bits per heavy atom. The van der Waals surface area contributed by atoms with E-state index in [2.05, 4.69) is 86.8 Å². The van der Waals surface area contributed by atoms with Gasteiger partial charge in [-0.25, -0.2) is 4.98 Å². The van der Waals surface area contributed by atoms with Gasteiger partial charge in [0.2, 0.25) is 11.8 Å². The Labute approximate surface area is 305 Å². The number of hydrogen-bond donors (Lipinski definition) is 2. The number of hydrogen-bond acceptors (Lipinski definition) is 7. The molecule has 1 atom stereocenters. The molecule has 0 saturated carbocycles. The maximum absolute atomic E-state index is 13.2. The van der Waals surface area contributed by atoms with Crippen LogP contribution in [0.3, 0.4) is 0 Å². The van der Waals surface area contributed by atoms with Crippen molar-refractivity contribution in [1.82, 2.24) is 30.0 Å². The number of aromatic nitrogens is 2. The van der Waals surface area contributed by atoms with E-state index >= 15 is 0 Å². The Morgan fingerprint density at radius 2 is 1.47 bits per heavy atom. The van der Waals surface area contributed by atoms with Crippen molar-refractivity contribution in [2.24, 2.45) is 0 Å². The SMILES string of the molecule is O=C1CCC(N2C(=O)c3ccc(C(=O)NCc4ccc(CN(CCn5c6ccccc6c6cccnc65)Cc5ccccc5)cc4)cc3C2=O)C(=O)N1. The molecule has 264 valence electrons. The fourth-order valence-electron chi connectivity index (χ4n) is 7.31. The first-order valence-corrected chi connectivity index (χ1v) is 17.6. The van der Waals surface area contributed by atoms with Crippen LogP contribution in [0.25, 0.3) is 21.9 Å². The molecule has 4 heterocycles. The third kappa shape index (κ3) is 6.70. The predicted octanol–water partition coefficient (Wildman–Crippen LogP) is 5.22. The molecule has 11 heteroatoms. The van der Waals surface area contributed by atoms with E-state index in [-0.39, 0.29) is 36.1 Å². The summed E-state index contributed by atoms with van der Waals surface area (Å²) in [6.07, 6.45) is 1.94. The first kappa shape index (κ1) is 33.7. The zero-order chi connectivity index (χ0) is 36.5. The summed E-state index contributed by atoms with van der Waals surface area (Å²) in [7, 11) is 0. The second kappa shape index (κ2) is 14.3. The summed E-state index contributed by atoms with van der Waals surface area (Å²) in [6.45, 7) is 3.35. The largest absolute Gasteiger partial charge is 0.348 e. The Hall–Kier alpha value is -6.46. The molecular weight excluding hydrogens is 668 g/mol. The number of imide groups is 2. The third-order valence-electron chi connectivity index (χ3n) is 10.0. The average Bonchev–Trinajstić information content (AvgIpc) is 3.63. The Kier molecular flexibility index (Phi) is 9.07. The standard InChI is InChI=1S/C42H36N6O5/c49-37-19-18-36(40(51)45-37)48-41(52)33-17-16-30(23-34(33)42(48)53)39(50)44-24-27-12-14-29(15-13-27)26-46(25-28-7-2-1-3-8-28)21-22-47-35-11-5-4-9-31(35)32-10-6-20-43-38(32)47/h1-17,20,23,36H,18-19,21-22,24-26H2,(H,44,50)(H,45,49,51). The van der Waals surface area contributed by atoms with Crippen LogP contribution in [-0.2, 0) is 35.8 Å². The summed E-state index contributed by atoms with van der Waals surface area (Å²) in [4.78, 5) is 71.4. The van der Waals surface area contributed by atoms with Crippen molar-refractivity contribution >= 4 is 51.5 Å². The van der Waals surface area contributed by atoms with E-state index in [0.29, 0.717) is 0 Å². The summed E-state index contributed by atoms with van der Waals surface area (Å²) >= 11 is 0. The van der Waals surface area contributed by atoms with Gasteiger partial charge in [0.25, 0.3) is 17.7 Å². The van der Waals surface area contributed by atoms with Crippen molar-refractivity contribution in [3.63, 3.8) is 0 Å². The highest BCUT2D eigenvalue weighted by atomic mass is 16.2. The number of rotatable bonds is 11. The molecule has 1 unspecified atom stereocenters. The van der Waals surface area contributed by atoms with Crippen LogP contribution in [0.1, 0.15) is 60.6 Å². The molecule has 4 aromatic carbocycles. The van der Waals surface area contributed by atoms with Crippen molar-refractivity contribution in [2.45, 2.75) is 45.1 Å². The highest BCUT2D eigenvalue weighted by molar-refractivity contribution is 6.24. The molecule has 5 amide bonds. The first-order valence-electron chi connectivity index (χ1n) is 17.6. The number of nitrogens with one attached hydrogen (secondary N) is 2. The van der Waals surface area contributed by atoms with Crippen molar-refractivity contribution in [1.29, 1.82) is 0 Å². The van der Waals surface area contributed by atoms with Gasteiger partial charge in [-0.15, -0.1) is 0 Å². The zero-order valence-corrected chi connectivity index (χ0v) is 28.8. The maximum atomic E-state index is 13.2. The molecule has 2 aromatic heterocycles. The average molecular weight is 705 g/mol. The van der Waals surface area contributed by atoms with E-state index in [1.54, 1.807) is 0 Å². The van der Waals surface area contributed by atoms with Crippen LogP contribution in [0.2, 0.25) is 0 Å². The van der Waals surface area contributed by atoms with Crippen LogP contribution in [0, 0.1) is 0 Å². The molecule has 0 aliphatic carbocycles. The number of carbonyl (C=O) groups excluding carboxylic acids is 5. The summed E-state index contributed by atoms with van der Waals surface area (Å²) in [5, 5.41) is 7.44. The fourth-order valence-corrected chi connectivity index (χ4v) is 7.31. The Morgan fingerprint density at radius 1 is 0.774 bits per heavy atom. The second-order valence-corrected chi connectivity index (χ2v) is 13.4. The highest BCUT2D eigenvalue weighted by Crippen LogP contribution is 2.29. The summed E-state index contributed by atoms with van der Waals surface area (Å²) in [5.74, 6) is -2.79. The monoisotopic (exact) mass is 704 g/mol. The van der Waals surface area contributed by atoms with Crippen molar-refractivity contribution in [3.8, 4) is 0 Å². The quantitative estimate of drug-likeness (QED) is 0.177. The Balaban J connectivity index is 0.925. The molecule has 0 bridgehead atoms. The number of nitrogens with zero attached hydrogens (tertiary/aromatic N) is 4. The van der Waals surface area contributed by atoms with E-state index in [4.69, 9.17) is 4.98 Å². The predicted molar refractivity (Wildman–Crippen MR) is 199 cm³/mol. The molecule has 2 aliphatic rings. The number of amides is 5. The van der Waals surface area contributed by atoms with Gasteiger partial charge >= 0.3 is 0 Å². The molecular formula is C42H36N6O5. The number of piperidine rings is 1. The van der Waals surface area contributed by atoms with Gasteiger partial charge in [-0.05, 0) is 59.5 Å². The maximum Gasteiger partial charge on any atom is 0.262 e. The third-order valence-corrected chi connectivity index (χ3v) is 10.0. The van der Waals surface area contributed by atoms with Gasteiger partial charge in [-0.1, -0.05) is 72.8 Å². The lowest BCUT2D eigenvalue weighted by Gasteiger charge is -2.27. The van der Waals surface area contributed by atoms with Crippen LogP contribution < -0.4 is 10.6 Å². The van der Waals surface area contributed by atoms with Crippen molar-refractivity contribution in [2.75, 3.05) is 6.54 Å². The number of para-hydroxylation sites is 1. The van der Waals surface area contributed by atoms with Gasteiger partial charge in [0, 0.05) is 61.7 Å². The summed E-state index contributed by atoms with van der Waals surface area (Å²) in [6, 6.07) is 34.4. The van der Waals surface area contributed by atoms with Crippen molar-refractivity contribution in [3.05, 3.63) is 149 Å². The molecule has 0 radical (unpaired) electrons. The molecule has 2 aliphatic heterocycles. The number of benzene rings is 4. The van der Waals surface area contributed by atoms with Gasteiger partial charge in [-0.2, -0.15) is 0 Å². The van der Waals surface area contributed by atoms with Crippen LogP contribution in [-0.4, -0.2) is 61.5 Å². The summed E-state index contributed by atoms with van der Waals surface area (Å²) < 4.78 is 2.30. The number of carbonyl (C=O) groups is 5. The molecule has 1 fully saturated rings. The highest BCUT2D eigenvalue weighted by Gasteiger charge is 2.44. The van der Waals surface area contributed by atoms with E-state index in [0.717, 1.165) is 53.2 Å². The van der Waals surface area contributed by atoms with Crippen LogP contribution in [0.4, 0.5) is 0 Å². The fraction of sp³-hybridized carbons (Fsp3) is 0.190. The minimum Gasteiger partial charge on any atom is -0.348 e. The van der Waals surface area contributed by atoms with Crippen LogP contribution in [0.5, 0.6) is 0 Å². The van der Waals surface area contributed by atoms with E-state index in [9.17, 15) is 24.0 Å².